The molecule has 0 aliphatic carbocycles. The third-order valence-electron chi connectivity index (χ3n) is 5.30. The second-order valence-electron chi connectivity index (χ2n) is 7.12. The molecule has 0 spiro atoms. The predicted octanol–water partition coefficient (Wildman–Crippen LogP) is 1.38. The van der Waals surface area contributed by atoms with E-state index in [0.717, 1.165) is 69.0 Å². The monoisotopic (exact) mass is 357 g/mol. The van der Waals surface area contributed by atoms with Crippen molar-refractivity contribution in [3.63, 3.8) is 0 Å². The number of benzene rings is 1. The summed E-state index contributed by atoms with van der Waals surface area (Å²) in [5.74, 6) is 0.802. The number of hydrogen-bond acceptors (Lipinski definition) is 6. The molecule has 4 rings (SSSR count). The molecule has 0 saturated carbocycles. The molecule has 2 saturated heterocycles. The van der Waals surface area contributed by atoms with E-state index in [1.807, 2.05) is 30.3 Å². The summed E-state index contributed by atoms with van der Waals surface area (Å²) in [4.78, 5) is 9.10. The van der Waals surface area contributed by atoms with Crippen molar-refractivity contribution in [1.82, 2.24) is 14.8 Å². The Hall–Kier alpha value is -1.73. The Labute approximate surface area is 154 Å². The SMILES string of the molecule is O[C@@H]1CN(CCN2CCOCC2)CC[C@H]1Oc1ccc2ncccc2c1. The van der Waals surface area contributed by atoms with Gasteiger partial charge in [0.1, 0.15) is 18.0 Å². The molecule has 2 fully saturated rings. The van der Waals surface area contributed by atoms with Crippen LogP contribution in [0.15, 0.2) is 36.5 Å². The number of aromatic nitrogens is 1. The lowest BCUT2D eigenvalue weighted by Crippen LogP contribution is -2.51. The first-order valence-corrected chi connectivity index (χ1v) is 9.50. The van der Waals surface area contributed by atoms with Crippen LogP contribution in [0.25, 0.3) is 10.9 Å². The standard InChI is InChI=1S/C20H27N3O3/c24-19-15-23(9-8-22-10-12-25-13-11-22)7-5-20(19)26-17-3-4-18-16(14-17)2-1-6-21-18/h1-4,6,14,19-20,24H,5,7-13,15H2/t19-,20-/m1/s1. The molecule has 2 atom stereocenters. The Morgan fingerprint density at radius 3 is 2.81 bits per heavy atom. The van der Waals surface area contributed by atoms with Crippen LogP contribution < -0.4 is 4.74 Å². The largest absolute Gasteiger partial charge is 0.488 e. The van der Waals surface area contributed by atoms with E-state index in [2.05, 4.69) is 14.8 Å². The van der Waals surface area contributed by atoms with Crippen LogP contribution in [0.2, 0.25) is 0 Å². The van der Waals surface area contributed by atoms with E-state index in [1.54, 1.807) is 6.20 Å². The van der Waals surface area contributed by atoms with Crippen molar-refractivity contribution in [2.75, 3.05) is 52.5 Å². The smallest absolute Gasteiger partial charge is 0.127 e. The summed E-state index contributed by atoms with van der Waals surface area (Å²) in [5, 5.41) is 11.6. The van der Waals surface area contributed by atoms with Gasteiger partial charge in [0, 0.05) is 50.9 Å². The van der Waals surface area contributed by atoms with Gasteiger partial charge in [-0.1, -0.05) is 6.07 Å². The Bertz CT molecular complexity index is 720. The molecule has 0 amide bonds. The van der Waals surface area contributed by atoms with Gasteiger partial charge in [0.25, 0.3) is 0 Å². The highest BCUT2D eigenvalue weighted by Gasteiger charge is 2.29. The van der Waals surface area contributed by atoms with E-state index in [9.17, 15) is 5.11 Å². The zero-order valence-corrected chi connectivity index (χ0v) is 15.1. The van der Waals surface area contributed by atoms with Crippen LogP contribution in [0.4, 0.5) is 0 Å². The molecular formula is C20H27N3O3. The highest BCUT2D eigenvalue weighted by atomic mass is 16.5. The molecule has 3 heterocycles. The molecule has 140 valence electrons. The molecule has 0 radical (unpaired) electrons. The van der Waals surface area contributed by atoms with Crippen molar-refractivity contribution in [3.8, 4) is 5.75 Å². The molecule has 2 aliphatic heterocycles. The normalized spacial score (nSPS) is 25.4. The number of aliphatic hydroxyl groups is 1. The van der Waals surface area contributed by atoms with Gasteiger partial charge in [-0.25, -0.2) is 0 Å². The molecule has 2 aliphatic rings. The number of aliphatic hydroxyl groups excluding tert-OH is 1. The number of nitrogens with zero attached hydrogens (tertiary/aromatic N) is 3. The first-order chi connectivity index (χ1) is 12.8. The fourth-order valence-electron chi connectivity index (χ4n) is 3.73. The Kier molecular flexibility index (Phi) is 5.65. The molecule has 6 heteroatoms. The predicted molar refractivity (Wildman–Crippen MR) is 100 cm³/mol. The number of hydrogen-bond donors (Lipinski definition) is 1. The molecular weight excluding hydrogens is 330 g/mol. The lowest BCUT2D eigenvalue weighted by atomic mass is 10.0. The number of ether oxygens (including phenoxy) is 2. The van der Waals surface area contributed by atoms with E-state index < -0.39 is 6.10 Å². The van der Waals surface area contributed by atoms with Crippen molar-refractivity contribution in [2.24, 2.45) is 0 Å². The fourth-order valence-corrected chi connectivity index (χ4v) is 3.73. The summed E-state index contributed by atoms with van der Waals surface area (Å²) in [6.07, 6.45) is 2.02. The maximum absolute atomic E-state index is 10.5. The molecule has 0 bridgehead atoms. The second kappa shape index (κ2) is 8.31. The minimum absolute atomic E-state index is 0.149. The summed E-state index contributed by atoms with van der Waals surface area (Å²) in [6, 6.07) is 9.86. The van der Waals surface area contributed by atoms with Gasteiger partial charge in [0.05, 0.1) is 18.7 Å². The summed E-state index contributed by atoms with van der Waals surface area (Å²) < 4.78 is 11.5. The van der Waals surface area contributed by atoms with Crippen molar-refractivity contribution in [3.05, 3.63) is 36.5 Å². The average Bonchev–Trinajstić information content (AvgIpc) is 2.69. The van der Waals surface area contributed by atoms with Gasteiger partial charge in [-0.05, 0) is 30.7 Å². The minimum atomic E-state index is -0.460. The zero-order chi connectivity index (χ0) is 17.8. The lowest BCUT2D eigenvalue weighted by molar-refractivity contribution is -0.0300. The second-order valence-corrected chi connectivity index (χ2v) is 7.12. The van der Waals surface area contributed by atoms with Crippen LogP contribution in [0.3, 0.4) is 0 Å². The quantitative estimate of drug-likeness (QED) is 0.873. The van der Waals surface area contributed by atoms with E-state index >= 15 is 0 Å². The molecule has 1 aromatic heterocycles. The Morgan fingerprint density at radius 2 is 1.96 bits per heavy atom. The summed E-state index contributed by atoms with van der Waals surface area (Å²) in [5.41, 5.74) is 0.957. The van der Waals surface area contributed by atoms with Crippen molar-refractivity contribution in [2.45, 2.75) is 18.6 Å². The minimum Gasteiger partial charge on any atom is -0.488 e. The van der Waals surface area contributed by atoms with Gasteiger partial charge in [-0.2, -0.15) is 0 Å². The molecule has 6 nitrogen and oxygen atoms in total. The van der Waals surface area contributed by atoms with Gasteiger partial charge >= 0.3 is 0 Å². The van der Waals surface area contributed by atoms with E-state index in [4.69, 9.17) is 9.47 Å². The molecule has 2 aromatic rings. The number of likely N-dealkylation sites (tertiary alicyclic amines) is 1. The first-order valence-electron chi connectivity index (χ1n) is 9.50. The first kappa shape index (κ1) is 17.7. The Balaban J connectivity index is 1.29. The number of pyridine rings is 1. The van der Waals surface area contributed by atoms with Crippen LogP contribution in [-0.4, -0.2) is 84.6 Å². The van der Waals surface area contributed by atoms with E-state index in [0.29, 0.717) is 6.54 Å². The Morgan fingerprint density at radius 1 is 1.12 bits per heavy atom. The fraction of sp³-hybridized carbons (Fsp3) is 0.550. The summed E-state index contributed by atoms with van der Waals surface area (Å²) >= 11 is 0. The van der Waals surface area contributed by atoms with E-state index in [-0.39, 0.29) is 6.10 Å². The van der Waals surface area contributed by atoms with E-state index in [1.165, 1.54) is 0 Å². The highest BCUT2D eigenvalue weighted by Crippen LogP contribution is 2.23. The number of morpholine rings is 1. The number of piperidine rings is 1. The topological polar surface area (TPSA) is 58.1 Å². The third-order valence-corrected chi connectivity index (χ3v) is 5.30. The molecule has 1 N–H and O–H groups in total. The maximum Gasteiger partial charge on any atom is 0.127 e. The van der Waals surface area contributed by atoms with Crippen LogP contribution >= 0.6 is 0 Å². The number of rotatable bonds is 5. The van der Waals surface area contributed by atoms with Gasteiger partial charge in [-0.3, -0.25) is 14.8 Å². The molecule has 26 heavy (non-hydrogen) atoms. The van der Waals surface area contributed by atoms with Crippen LogP contribution in [-0.2, 0) is 4.74 Å². The van der Waals surface area contributed by atoms with Gasteiger partial charge in [-0.15, -0.1) is 0 Å². The highest BCUT2D eigenvalue weighted by molar-refractivity contribution is 5.79. The van der Waals surface area contributed by atoms with Crippen molar-refractivity contribution >= 4 is 10.9 Å². The lowest BCUT2D eigenvalue weighted by Gasteiger charge is -2.37. The van der Waals surface area contributed by atoms with Gasteiger partial charge in [0.2, 0.25) is 0 Å². The van der Waals surface area contributed by atoms with Gasteiger partial charge in [0.15, 0.2) is 0 Å². The number of β-amino-alcohol motifs (C(OH)–C–C–N with tert-alkyl or cyclic N) is 1. The summed E-state index contributed by atoms with van der Waals surface area (Å²) in [7, 11) is 0. The third kappa shape index (κ3) is 4.32. The zero-order valence-electron chi connectivity index (χ0n) is 15.1. The van der Waals surface area contributed by atoms with Crippen molar-refractivity contribution < 1.29 is 14.6 Å². The van der Waals surface area contributed by atoms with Crippen LogP contribution in [0.5, 0.6) is 5.75 Å². The maximum atomic E-state index is 10.5. The van der Waals surface area contributed by atoms with Crippen molar-refractivity contribution in [1.29, 1.82) is 0 Å². The molecule has 0 unspecified atom stereocenters. The van der Waals surface area contributed by atoms with Crippen LogP contribution in [0, 0.1) is 0 Å². The molecule has 1 aromatic carbocycles. The average molecular weight is 357 g/mol. The summed E-state index contributed by atoms with van der Waals surface area (Å²) in [6.45, 7) is 7.35. The van der Waals surface area contributed by atoms with Gasteiger partial charge < -0.3 is 14.6 Å². The number of fused-ring (bicyclic) bond motifs is 1. The van der Waals surface area contributed by atoms with Crippen LogP contribution in [0.1, 0.15) is 6.42 Å².